The minimum Gasteiger partial charge on any atom is -0.494 e. The lowest BCUT2D eigenvalue weighted by molar-refractivity contribution is 0.386. The largest absolute Gasteiger partial charge is 0.494 e. The maximum absolute atomic E-state index is 13.7. The first-order valence-electron chi connectivity index (χ1n) is 6.76. The van der Waals surface area contributed by atoms with Gasteiger partial charge in [0.2, 0.25) is 0 Å². The Morgan fingerprint density at radius 3 is 2.67 bits per heavy atom. The van der Waals surface area contributed by atoms with E-state index in [4.69, 9.17) is 9.15 Å². The summed E-state index contributed by atoms with van der Waals surface area (Å²) in [5.74, 6) is 0.656. The zero-order chi connectivity index (χ0) is 14.8. The number of methoxy groups -OCH3 is 1. The van der Waals surface area contributed by atoms with Crippen LogP contribution < -0.4 is 10.1 Å². The van der Waals surface area contributed by atoms with Crippen LogP contribution in [0.1, 0.15) is 18.7 Å². The average molecular weight is 285 g/mol. The molecule has 1 N–H and O–H groups in total. The summed E-state index contributed by atoms with van der Waals surface area (Å²) in [7, 11) is 1.45. The summed E-state index contributed by atoms with van der Waals surface area (Å²) in [5, 5.41) is 4.28. The number of anilines is 1. The number of halogens is 1. The van der Waals surface area contributed by atoms with Crippen LogP contribution in [0.5, 0.6) is 5.75 Å². The lowest BCUT2D eigenvalue weighted by Crippen LogP contribution is -2.05. The zero-order valence-electron chi connectivity index (χ0n) is 11.9. The first-order valence-corrected chi connectivity index (χ1v) is 6.76. The molecule has 0 saturated carbocycles. The molecule has 3 rings (SSSR count). The highest BCUT2D eigenvalue weighted by Gasteiger charge is 2.12. The van der Waals surface area contributed by atoms with Crippen LogP contribution >= 0.6 is 0 Å². The third-order valence-corrected chi connectivity index (χ3v) is 3.41. The van der Waals surface area contributed by atoms with Crippen molar-refractivity contribution >= 4 is 16.7 Å². The summed E-state index contributed by atoms with van der Waals surface area (Å²) in [6.07, 6.45) is 0. The van der Waals surface area contributed by atoms with E-state index in [1.165, 1.54) is 13.2 Å². The van der Waals surface area contributed by atoms with E-state index in [1.54, 1.807) is 12.1 Å². The lowest BCUT2D eigenvalue weighted by Gasteiger charge is -2.13. The molecule has 0 aliphatic heterocycles. The fraction of sp³-hybridized carbons (Fsp3) is 0.176. The van der Waals surface area contributed by atoms with Gasteiger partial charge in [0.15, 0.2) is 11.6 Å². The van der Waals surface area contributed by atoms with Gasteiger partial charge in [-0.05, 0) is 31.2 Å². The van der Waals surface area contributed by atoms with Crippen molar-refractivity contribution in [2.75, 3.05) is 12.4 Å². The second kappa shape index (κ2) is 5.48. The van der Waals surface area contributed by atoms with Crippen LogP contribution in [-0.4, -0.2) is 7.11 Å². The molecule has 1 unspecified atom stereocenters. The van der Waals surface area contributed by atoms with Crippen molar-refractivity contribution in [3.8, 4) is 5.75 Å². The van der Waals surface area contributed by atoms with Gasteiger partial charge in [0.25, 0.3) is 0 Å². The maximum atomic E-state index is 13.7. The smallest absolute Gasteiger partial charge is 0.167 e. The highest BCUT2D eigenvalue weighted by atomic mass is 19.1. The van der Waals surface area contributed by atoms with E-state index in [9.17, 15) is 4.39 Å². The molecule has 0 fully saturated rings. The Balaban J connectivity index is 1.82. The second-order valence-corrected chi connectivity index (χ2v) is 4.90. The molecule has 108 valence electrons. The Labute approximate surface area is 122 Å². The van der Waals surface area contributed by atoms with Gasteiger partial charge in [0.05, 0.1) is 13.2 Å². The van der Waals surface area contributed by atoms with Crippen LogP contribution in [0.4, 0.5) is 10.1 Å². The predicted octanol–water partition coefficient (Wildman–Crippen LogP) is 4.75. The number of fused-ring (bicyclic) bond motifs is 1. The summed E-state index contributed by atoms with van der Waals surface area (Å²) in [6, 6.07) is 14.6. The van der Waals surface area contributed by atoms with Crippen molar-refractivity contribution in [1.29, 1.82) is 0 Å². The molecule has 0 spiro atoms. The average Bonchev–Trinajstić information content (AvgIpc) is 2.91. The van der Waals surface area contributed by atoms with Crippen LogP contribution in [-0.2, 0) is 0 Å². The molecule has 0 amide bonds. The van der Waals surface area contributed by atoms with Crippen LogP contribution in [0, 0.1) is 5.82 Å². The maximum Gasteiger partial charge on any atom is 0.167 e. The zero-order valence-corrected chi connectivity index (χ0v) is 11.9. The summed E-state index contributed by atoms with van der Waals surface area (Å²) in [5.41, 5.74) is 1.53. The summed E-state index contributed by atoms with van der Waals surface area (Å²) in [4.78, 5) is 0. The predicted molar refractivity (Wildman–Crippen MR) is 81.2 cm³/mol. The fourth-order valence-corrected chi connectivity index (χ4v) is 2.29. The van der Waals surface area contributed by atoms with E-state index in [1.807, 2.05) is 37.3 Å². The molecule has 4 heteroatoms. The van der Waals surface area contributed by atoms with Gasteiger partial charge in [0.1, 0.15) is 11.3 Å². The molecule has 2 aromatic carbocycles. The SMILES string of the molecule is COc1ccc(NC(C)c2cc3ccccc3o2)cc1F. The van der Waals surface area contributed by atoms with Crippen LogP contribution in [0.25, 0.3) is 11.0 Å². The number of rotatable bonds is 4. The van der Waals surface area contributed by atoms with E-state index in [0.717, 1.165) is 16.7 Å². The van der Waals surface area contributed by atoms with E-state index in [2.05, 4.69) is 5.32 Å². The van der Waals surface area contributed by atoms with Gasteiger partial charge >= 0.3 is 0 Å². The summed E-state index contributed by atoms with van der Waals surface area (Å²) in [6.45, 7) is 1.97. The van der Waals surface area contributed by atoms with Crippen molar-refractivity contribution in [3.05, 3.63) is 60.1 Å². The number of para-hydroxylation sites is 1. The van der Waals surface area contributed by atoms with Gasteiger partial charge < -0.3 is 14.5 Å². The van der Waals surface area contributed by atoms with E-state index < -0.39 is 0 Å². The molecule has 3 aromatic rings. The first-order chi connectivity index (χ1) is 10.2. The summed E-state index contributed by atoms with van der Waals surface area (Å²) >= 11 is 0. The third-order valence-electron chi connectivity index (χ3n) is 3.41. The second-order valence-electron chi connectivity index (χ2n) is 4.90. The summed E-state index contributed by atoms with van der Waals surface area (Å²) < 4.78 is 24.4. The molecule has 0 saturated heterocycles. The Morgan fingerprint density at radius 2 is 1.95 bits per heavy atom. The van der Waals surface area contributed by atoms with Crippen LogP contribution in [0.3, 0.4) is 0 Å². The number of nitrogens with one attached hydrogen (secondary N) is 1. The van der Waals surface area contributed by atoms with Gasteiger partial charge in [-0.25, -0.2) is 4.39 Å². The molecular weight excluding hydrogens is 269 g/mol. The molecule has 21 heavy (non-hydrogen) atoms. The standard InChI is InChI=1S/C17H16FNO2/c1-11(17-9-12-5-3-4-6-15(12)21-17)19-13-7-8-16(20-2)14(18)10-13/h3-11,19H,1-2H3. The number of ether oxygens (including phenoxy) is 1. The topological polar surface area (TPSA) is 34.4 Å². The van der Waals surface area contributed by atoms with Gasteiger partial charge in [0, 0.05) is 17.1 Å². The van der Waals surface area contributed by atoms with E-state index in [-0.39, 0.29) is 17.6 Å². The van der Waals surface area contributed by atoms with Crippen molar-refractivity contribution in [1.82, 2.24) is 0 Å². The normalized spacial score (nSPS) is 12.3. The van der Waals surface area contributed by atoms with Crippen LogP contribution in [0.15, 0.2) is 52.9 Å². The van der Waals surface area contributed by atoms with Gasteiger partial charge in [-0.2, -0.15) is 0 Å². The number of hydrogen-bond acceptors (Lipinski definition) is 3. The molecule has 3 nitrogen and oxygen atoms in total. The molecule has 0 aliphatic rings. The van der Waals surface area contributed by atoms with Gasteiger partial charge in [-0.15, -0.1) is 0 Å². The number of benzene rings is 2. The van der Waals surface area contributed by atoms with Gasteiger partial charge in [-0.1, -0.05) is 18.2 Å². The monoisotopic (exact) mass is 285 g/mol. The van der Waals surface area contributed by atoms with Crippen molar-refractivity contribution in [2.45, 2.75) is 13.0 Å². The van der Waals surface area contributed by atoms with Crippen molar-refractivity contribution < 1.29 is 13.5 Å². The Kier molecular flexibility index (Phi) is 3.52. The molecule has 1 aromatic heterocycles. The van der Waals surface area contributed by atoms with E-state index >= 15 is 0 Å². The van der Waals surface area contributed by atoms with Gasteiger partial charge in [-0.3, -0.25) is 0 Å². The highest BCUT2D eigenvalue weighted by molar-refractivity contribution is 5.77. The molecule has 1 heterocycles. The Hall–Kier alpha value is -2.49. The van der Waals surface area contributed by atoms with Crippen molar-refractivity contribution in [2.24, 2.45) is 0 Å². The number of hydrogen-bond donors (Lipinski definition) is 1. The minimum absolute atomic E-state index is 0.0646. The third kappa shape index (κ3) is 2.70. The molecule has 0 aliphatic carbocycles. The lowest BCUT2D eigenvalue weighted by atomic mass is 10.2. The fourth-order valence-electron chi connectivity index (χ4n) is 2.29. The van der Waals surface area contributed by atoms with Crippen molar-refractivity contribution in [3.63, 3.8) is 0 Å². The van der Waals surface area contributed by atoms with E-state index in [0.29, 0.717) is 5.69 Å². The molecular formula is C17H16FNO2. The molecule has 0 radical (unpaired) electrons. The first kappa shape index (κ1) is 13.5. The quantitative estimate of drug-likeness (QED) is 0.751. The Morgan fingerprint density at radius 1 is 1.14 bits per heavy atom. The number of furan rings is 1. The van der Waals surface area contributed by atoms with Crippen LogP contribution in [0.2, 0.25) is 0 Å². The minimum atomic E-state index is -0.390. The highest BCUT2D eigenvalue weighted by Crippen LogP contribution is 2.27. The Bertz CT molecular complexity index is 733. The molecule has 1 atom stereocenters. The molecule has 0 bridgehead atoms.